The molecule has 0 bridgehead atoms. The van der Waals surface area contributed by atoms with E-state index in [2.05, 4.69) is 0 Å². The van der Waals surface area contributed by atoms with Crippen LogP contribution >= 0.6 is 0 Å². The molecule has 2 N–H and O–H groups in total. The zero-order valence-electron chi connectivity index (χ0n) is 21.6. The Morgan fingerprint density at radius 3 is 1.18 bits per heavy atom. The Morgan fingerprint density at radius 1 is 0.553 bits per heavy atom. The zero-order chi connectivity index (χ0) is 27.1. The van der Waals surface area contributed by atoms with E-state index in [0.29, 0.717) is 37.1 Å². The number of anilines is 2. The first-order valence-corrected chi connectivity index (χ1v) is 13.6. The molecule has 2 amide bonds. The Morgan fingerprint density at radius 2 is 0.868 bits per heavy atom. The molecule has 0 spiro atoms. The van der Waals surface area contributed by atoms with Gasteiger partial charge in [-0.2, -0.15) is 0 Å². The molecule has 2 fully saturated rings. The maximum atomic E-state index is 13.9. The van der Waals surface area contributed by atoms with Crippen molar-refractivity contribution in [2.75, 3.05) is 22.9 Å². The van der Waals surface area contributed by atoms with Crippen molar-refractivity contribution >= 4 is 35.1 Å². The van der Waals surface area contributed by atoms with Gasteiger partial charge in [0.25, 0.3) is 0 Å². The number of hydrogen-bond donors (Lipinski definition) is 2. The molecule has 8 heteroatoms. The van der Waals surface area contributed by atoms with Crippen LogP contribution in [0, 0.1) is 23.7 Å². The molecule has 0 aromatic heterocycles. The van der Waals surface area contributed by atoms with E-state index in [1.165, 1.54) is 0 Å². The van der Waals surface area contributed by atoms with Crippen LogP contribution in [0.3, 0.4) is 0 Å². The van der Waals surface area contributed by atoms with Crippen molar-refractivity contribution in [1.82, 2.24) is 0 Å². The zero-order valence-corrected chi connectivity index (χ0v) is 21.6. The van der Waals surface area contributed by atoms with E-state index in [9.17, 15) is 29.4 Å². The summed E-state index contributed by atoms with van der Waals surface area (Å²) in [5.41, 5.74) is 1.29. The molecule has 0 heterocycles. The first-order chi connectivity index (χ1) is 18.4. The molecule has 0 saturated heterocycles. The second kappa shape index (κ2) is 12.7. The van der Waals surface area contributed by atoms with Crippen molar-refractivity contribution in [3.05, 3.63) is 60.7 Å². The largest absolute Gasteiger partial charge is 0.481 e. The number of amides is 2. The molecular weight excluding hydrogens is 484 g/mol. The number of nitrogens with zero attached hydrogens (tertiary/aromatic N) is 2. The Hall–Kier alpha value is -3.68. The lowest BCUT2D eigenvalue weighted by Gasteiger charge is -2.36. The van der Waals surface area contributed by atoms with Crippen molar-refractivity contribution < 1.29 is 29.4 Å². The number of carboxylic acids is 2. The lowest BCUT2D eigenvalue weighted by Crippen LogP contribution is -2.48. The van der Waals surface area contributed by atoms with Crippen LogP contribution in [0.2, 0.25) is 0 Å². The van der Waals surface area contributed by atoms with Gasteiger partial charge in [0.1, 0.15) is 0 Å². The molecule has 2 aromatic rings. The molecule has 0 aliphatic heterocycles. The Balaban J connectivity index is 1.62. The Kier molecular flexibility index (Phi) is 9.15. The van der Waals surface area contributed by atoms with Gasteiger partial charge in [0, 0.05) is 24.5 Å². The highest BCUT2D eigenvalue weighted by atomic mass is 16.4. The number of benzene rings is 2. The first-order valence-electron chi connectivity index (χ1n) is 13.6. The number of carboxylic acid groups (broad SMARTS) is 2. The van der Waals surface area contributed by atoms with Crippen molar-refractivity contribution in [3.8, 4) is 0 Å². The molecular formula is C30H36N2O6. The van der Waals surface area contributed by atoms with Crippen LogP contribution in [-0.2, 0) is 19.2 Å². The number of carbonyl (C=O) groups is 4. The summed E-state index contributed by atoms with van der Waals surface area (Å²) in [6, 6.07) is 18.2. The fourth-order valence-corrected chi connectivity index (χ4v) is 5.99. The van der Waals surface area contributed by atoms with Crippen LogP contribution in [0.1, 0.15) is 51.4 Å². The average molecular weight is 521 g/mol. The standard InChI is InChI=1S/C30H36N2O6/c33-27(23-15-7-9-17-25(23)29(35)36)31(21-11-3-1-4-12-21)19-20-32(22-13-5-2-6-14-22)28(34)24-16-8-10-18-26(24)30(37)38/h1-6,11-14,23-26H,7-10,15-20H2,(H,35,36)(H,37,38)/t23-,24+,25-,26+. The van der Waals surface area contributed by atoms with E-state index >= 15 is 0 Å². The molecule has 38 heavy (non-hydrogen) atoms. The highest BCUT2D eigenvalue weighted by Crippen LogP contribution is 2.35. The highest BCUT2D eigenvalue weighted by molar-refractivity contribution is 5.99. The van der Waals surface area contributed by atoms with Crippen molar-refractivity contribution in [2.24, 2.45) is 23.7 Å². The smallest absolute Gasteiger partial charge is 0.307 e. The summed E-state index contributed by atoms with van der Waals surface area (Å²) in [5.74, 6) is -5.10. The van der Waals surface area contributed by atoms with Gasteiger partial charge in [0.05, 0.1) is 23.7 Å². The lowest BCUT2D eigenvalue weighted by atomic mass is 9.78. The summed E-state index contributed by atoms with van der Waals surface area (Å²) in [6.45, 7) is 0.327. The minimum atomic E-state index is -0.950. The van der Waals surface area contributed by atoms with Crippen LogP contribution in [0.5, 0.6) is 0 Å². The predicted molar refractivity (Wildman–Crippen MR) is 144 cm³/mol. The van der Waals surface area contributed by atoms with E-state index in [-0.39, 0.29) is 24.9 Å². The van der Waals surface area contributed by atoms with Gasteiger partial charge in [-0.1, -0.05) is 62.1 Å². The molecule has 2 saturated carbocycles. The van der Waals surface area contributed by atoms with Crippen LogP contribution in [0.25, 0.3) is 0 Å². The van der Waals surface area contributed by atoms with Gasteiger partial charge in [-0.3, -0.25) is 19.2 Å². The summed E-state index contributed by atoms with van der Waals surface area (Å²) in [6.07, 6.45) is 5.16. The third-order valence-electron chi connectivity index (χ3n) is 8.02. The first kappa shape index (κ1) is 27.4. The minimum Gasteiger partial charge on any atom is -0.481 e. The second-order valence-electron chi connectivity index (χ2n) is 10.3. The monoisotopic (exact) mass is 520 g/mol. The highest BCUT2D eigenvalue weighted by Gasteiger charge is 2.40. The Labute approximate surface area is 223 Å². The molecule has 2 aliphatic rings. The van der Waals surface area contributed by atoms with Crippen LogP contribution < -0.4 is 9.80 Å². The van der Waals surface area contributed by atoms with Crippen LogP contribution in [0.15, 0.2) is 60.7 Å². The van der Waals surface area contributed by atoms with Crippen LogP contribution in [0.4, 0.5) is 11.4 Å². The van der Waals surface area contributed by atoms with Gasteiger partial charge in [0.2, 0.25) is 11.8 Å². The summed E-state index contributed by atoms with van der Waals surface area (Å²) in [4.78, 5) is 54.8. The normalized spacial score (nSPS) is 23.3. The average Bonchev–Trinajstić information content (AvgIpc) is 2.95. The molecule has 4 rings (SSSR count). The van der Waals surface area contributed by atoms with Gasteiger partial charge in [-0.05, 0) is 49.9 Å². The summed E-state index contributed by atoms with van der Waals surface area (Å²) in [5, 5.41) is 19.6. The molecule has 0 unspecified atom stereocenters. The maximum absolute atomic E-state index is 13.9. The quantitative estimate of drug-likeness (QED) is 0.489. The van der Waals surface area contributed by atoms with E-state index < -0.39 is 35.6 Å². The predicted octanol–water partition coefficient (Wildman–Crippen LogP) is 4.83. The minimum absolute atomic E-state index is 0.163. The topological polar surface area (TPSA) is 115 Å². The number of para-hydroxylation sites is 2. The molecule has 2 aliphatic carbocycles. The molecule has 4 atom stereocenters. The van der Waals surface area contributed by atoms with Crippen molar-refractivity contribution in [2.45, 2.75) is 51.4 Å². The third-order valence-corrected chi connectivity index (χ3v) is 8.02. The summed E-state index contributed by atoms with van der Waals surface area (Å²) < 4.78 is 0. The molecule has 202 valence electrons. The summed E-state index contributed by atoms with van der Waals surface area (Å²) >= 11 is 0. The fourth-order valence-electron chi connectivity index (χ4n) is 5.99. The van der Waals surface area contributed by atoms with Gasteiger partial charge in [-0.25, -0.2) is 0 Å². The summed E-state index contributed by atoms with van der Waals surface area (Å²) in [7, 11) is 0. The van der Waals surface area contributed by atoms with Gasteiger partial charge in [-0.15, -0.1) is 0 Å². The fraction of sp³-hybridized carbons (Fsp3) is 0.467. The number of carbonyl (C=O) groups excluding carboxylic acids is 2. The molecule has 8 nitrogen and oxygen atoms in total. The number of hydrogen-bond acceptors (Lipinski definition) is 4. The van der Waals surface area contributed by atoms with Gasteiger partial charge >= 0.3 is 11.9 Å². The van der Waals surface area contributed by atoms with E-state index in [0.717, 1.165) is 25.7 Å². The van der Waals surface area contributed by atoms with Crippen molar-refractivity contribution in [1.29, 1.82) is 0 Å². The third kappa shape index (κ3) is 6.23. The SMILES string of the molecule is O=C(O)[C@H]1CCCC[C@@H]1C(=O)N(CCN(C(=O)[C@@H]1CCCC[C@H]1C(=O)O)c1ccccc1)c1ccccc1. The number of rotatable bonds is 9. The Bertz CT molecular complexity index is 1030. The van der Waals surface area contributed by atoms with E-state index in [4.69, 9.17) is 0 Å². The second-order valence-corrected chi connectivity index (χ2v) is 10.3. The van der Waals surface area contributed by atoms with Gasteiger partial charge < -0.3 is 20.0 Å². The van der Waals surface area contributed by atoms with E-state index in [1.54, 1.807) is 9.80 Å². The lowest BCUT2D eigenvalue weighted by molar-refractivity contribution is -0.148. The molecule has 0 radical (unpaired) electrons. The number of aliphatic carboxylic acids is 2. The maximum Gasteiger partial charge on any atom is 0.307 e. The molecule has 2 aromatic carbocycles. The van der Waals surface area contributed by atoms with Crippen LogP contribution in [-0.4, -0.2) is 47.1 Å². The van der Waals surface area contributed by atoms with E-state index in [1.807, 2.05) is 60.7 Å². The van der Waals surface area contributed by atoms with Gasteiger partial charge in [0.15, 0.2) is 0 Å². The van der Waals surface area contributed by atoms with Crippen molar-refractivity contribution in [3.63, 3.8) is 0 Å².